The normalized spacial score (nSPS) is 17.5. The van der Waals surface area contributed by atoms with Gasteiger partial charge >= 0.3 is 0 Å². The molecule has 0 bridgehead atoms. The number of nitro benzene ring substituents is 1. The number of nitrogens with zero attached hydrogens (tertiary/aromatic N) is 3. The highest BCUT2D eigenvalue weighted by atomic mass is 16.6. The van der Waals surface area contributed by atoms with Gasteiger partial charge in [-0.1, -0.05) is 0 Å². The minimum Gasteiger partial charge on any atom is -0.332 e. The maximum atomic E-state index is 12.7. The predicted molar refractivity (Wildman–Crippen MR) is 80.3 cm³/mol. The number of nitro groups is 1. The van der Waals surface area contributed by atoms with Crippen LogP contribution in [-0.2, 0) is 0 Å². The number of likely N-dealkylation sites (tertiary alicyclic amines) is 1. The summed E-state index contributed by atoms with van der Waals surface area (Å²) in [6.45, 7) is 0.697. The largest absolute Gasteiger partial charge is 0.332 e. The van der Waals surface area contributed by atoms with E-state index in [2.05, 4.69) is 4.98 Å². The molecule has 1 amide bonds. The van der Waals surface area contributed by atoms with Crippen LogP contribution in [0.3, 0.4) is 0 Å². The molecule has 1 fully saturated rings. The van der Waals surface area contributed by atoms with Crippen LogP contribution in [0.25, 0.3) is 0 Å². The molecule has 1 aromatic heterocycles. The van der Waals surface area contributed by atoms with Crippen molar-refractivity contribution >= 4 is 11.6 Å². The lowest BCUT2D eigenvalue weighted by molar-refractivity contribution is -0.384. The zero-order valence-electron chi connectivity index (χ0n) is 11.9. The Morgan fingerprint density at radius 1 is 1.18 bits per heavy atom. The van der Waals surface area contributed by atoms with Crippen LogP contribution in [0.5, 0.6) is 0 Å². The molecule has 1 atom stereocenters. The molecule has 0 spiro atoms. The molecule has 6 heteroatoms. The number of pyridine rings is 1. The van der Waals surface area contributed by atoms with E-state index < -0.39 is 4.92 Å². The molecule has 22 heavy (non-hydrogen) atoms. The standard InChI is InChI=1S/C16H15N3O3/c20-16(13-3-5-14(6-4-13)19(21)22)18-11-1-2-15(18)12-7-9-17-10-8-12/h3-10,15H,1-2,11H2/t15-/m1/s1. The molecule has 6 nitrogen and oxygen atoms in total. The first-order valence-electron chi connectivity index (χ1n) is 7.12. The number of carbonyl (C=O) groups is 1. The van der Waals surface area contributed by atoms with E-state index in [0.717, 1.165) is 18.4 Å². The Morgan fingerprint density at radius 3 is 2.50 bits per heavy atom. The Labute approximate surface area is 127 Å². The molecule has 0 radical (unpaired) electrons. The number of amides is 1. The van der Waals surface area contributed by atoms with Gasteiger partial charge in [0, 0.05) is 36.6 Å². The molecule has 1 saturated heterocycles. The number of rotatable bonds is 3. The number of non-ortho nitro benzene ring substituents is 1. The van der Waals surface area contributed by atoms with E-state index >= 15 is 0 Å². The van der Waals surface area contributed by atoms with Gasteiger partial charge in [-0.25, -0.2) is 0 Å². The maximum Gasteiger partial charge on any atom is 0.269 e. The van der Waals surface area contributed by atoms with Crippen molar-refractivity contribution < 1.29 is 9.72 Å². The molecule has 3 rings (SSSR count). The molecule has 2 heterocycles. The minimum absolute atomic E-state index is 0.0105. The highest BCUT2D eigenvalue weighted by Crippen LogP contribution is 2.32. The first kappa shape index (κ1) is 14.2. The van der Waals surface area contributed by atoms with Crippen LogP contribution in [0, 0.1) is 10.1 Å². The highest BCUT2D eigenvalue weighted by Gasteiger charge is 2.30. The second kappa shape index (κ2) is 5.93. The van der Waals surface area contributed by atoms with Crippen molar-refractivity contribution in [1.82, 2.24) is 9.88 Å². The third-order valence-corrected chi connectivity index (χ3v) is 3.93. The van der Waals surface area contributed by atoms with Crippen molar-refractivity contribution in [3.63, 3.8) is 0 Å². The molecule has 2 aromatic rings. The lowest BCUT2D eigenvalue weighted by Gasteiger charge is -2.25. The topological polar surface area (TPSA) is 76.3 Å². The number of benzene rings is 1. The predicted octanol–water partition coefficient (Wildman–Crippen LogP) is 2.97. The van der Waals surface area contributed by atoms with Crippen LogP contribution in [0.2, 0.25) is 0 Å². The Bertz CT molecular complexity index is 686. The number of hydrogen-bond acceptors (Lipinski definition) is 4. The van der Waals surface area contributed by atoms with Gasteiger partial charge < -0.3 is 4.90 Å². The van der Waals surface area contributed by atoms with Gasteiger partial charge in [0.1, 0.15) is 0 Å². The van der Waals surface area contributed by atoms with Crippen LogP contribution < -0.4 is 0 Å². The van der Waals surface area contributed by atoms with Crippen LogP contribution in [-0.4, -0.2) is 27.3 Å². The van der Waals surface area contributed by atoms with E-state index in [0.29, 0.717) is 12.1 Å². The summed E-state index contributed by atoms with van der Waals surface area (Å²) in [7, 11) is 0. The molecule has 0 unspecified atom stereocenters. The zero-order valence-corrected chi connectivity index (χ0v) is 11.9. The summed E-state index contributed by atoms with van der Waals surface area (Å²) in [4.78, 5) is 28.7. The van der Waals surface area contributed by atoms with Crippen molar-refractivity contribution in [3.8, 4) is 0 Å². The van der Waals surface area contributed by atoms with E-state index in [9.17, 15) is 14.9 Å². The van der Waals surface area contributed by atoms with E-state index in [-0.39, 0.29) is 17.6 Å². The fourth-order valence-electron chi connectivity index (χ4n) is 2.83. The van der Waals surface area contributed by atoms with Crippen molar-refractivity contribution in [3.05, 3.63) is 70.0 Å². The molecule has 112 valence electrons. The molecule has 1 aromatic carbocycles. The van der Waals surface area contributed by atoms with Gasteiger partial charge in [-0.3, -0.25) is 19.9 Å². The Kier molecular flexibility index (Phi) is 3.82. The van der Waals surface area contributed by atoms with Gasteiger partial charge in [0.15, 0.2) is 0 Å². The second-order valence-corrected chi connectivity index (χ2v) is 5.24. The first-order valence-corrected chi connectivity index (χ1v) is 7.12. The van der Waals surface area contributed by atoms with E-state index in [1.165, 1.54) is 24.3 Å². The fraction of sp³-hybridized carbons (Fsp3) is 0.250. The van der Waals surface area contributed by atoms with Gasteiger partial charge in [-0.05, 0) is 42.7 Å². The molecular weight excluding hydrogens is 282 g/mol. The Morgan fingerprint density at radius 2 is 1.86 bits per heavy atom. The van der Waals surface area contributed by atoms with E-state index in [1.54, 1.807) is 12.4 Å². The smallest absolute Gasteiger partial charge is 0.269 e. The molecule has 1 aliphatic heterocycles. The van der Waals surface area contributed by atoms with Crippen molar-refractivity contribution in [2.45, 2.75) is 18.9 Å². The highest BCUT2D eigenvalue weighted by molar-refractivity contribution is 5.94. The number of hydrogen-bond donors (Lipinski definition) is 0. The van der Waals surface area contributed by atoms with Gasteiger partial charge in [0.2, 0.25) is 0 Å². The zero-order chi connectivity index (χ0) is 15.5. The summed E-state index contributed by atoms with van der Waals surface area (Å²) in [6.07, 6.45) is 5.32. The van der Waals surface area contributed by atoms with Crippen molar-refractivity contribution in [1.29, 1.82) is 0 Å². The second-order valence-electron chi connectivity index (χ2n) is 5.24. The molecule has 0 aliphatic carbocycles. The van der Waals surface area contributed by atoms with Crippen LogP contribution >= 0.6 is 0 Å². The molecule has 0 saturated carbocycles. The van der Waals surface area contributed by atoms with Crippen LogP contribution in [0.1, 0.15) is 34.8 Å². The van der Waals surface area contributed by atoms with Gasteiger partial charge in [-0.15, -0.1) is 0 Å². The fourth-order valence-corrected chi connectivity index (χ4v) is 2.83. The van der Waals surface area contributed by atoms with Crippen molar-refractivity contribution in [2.24, 2.45) is 0 Å². The summed E-state index contributed by atoms with van der Waals surface area (Å²) >= 11 is 0. The Hall–Kier alpha value is -2.76. The van der Waals surface area contributed by atoms with Crippen molar-refractivity contribution in [2.75, 3.05) is 6.54 Å². The minimum atomic E-state index is -0.468. The Balaban J connectivity index is 1.83. The number of aromatic nitrogens is 1. The lowest BCUT2D eigenvalue weighted by atomic mass is 10.1. The average molecular weight is 297 g/mol. The van der Waals surface area contributed by atoms with Gasteiger partial charge in [-0.2, -0.15) is 0 Å². The molecular formula is C16H15N3O3. The summed E-state index contributed by atoms with van der Waals surface area (Å²) in [5.74, 6) is -0.0887. The average Bonchev–Trinajstić information content (AvgIpc) is 3.04. The van der Waals surface area contributed by atoms with Gasteiger partial charge in [0.05, 0.1) is 11.0 Å². The molecule has 0 N–H and O–H groups in total. The summed E-state index contributed by atoms with van der Waals surface area (Å²) in [6, 6.07) is 9.66. The summed E-state index contributed by atoms with van der Waals surface area (Å²) in [5, 5.41) is 10.7. The third kappa shape index (κ3) is 2.67. The summed E-state index contributed by atoms with van der Waals surface area (Å²) < 4.78 is 0. The molecule has 1 aliphatic rings. The van der Waals surface area contributed by atoms with Crippen LogP contribution in [0.15, 0.2) is 48.8 Å². The first-order chi connectivity index (χ1) is 10.7. The monoisotopic (exact) mass is 297 g/mol. The quantitative estimate of drug-likeness (QED) is 0.644. The van der Waals surface area contributed by atoms with E-state index in [1.807, 2.05) is 17.0 Å². The van der Waals surface area contributed by atoms with Crippen LogP contribution in [0.4, 0.5) is 5.69 Å². The van der Waals surface area contributed by atoms with E-state index in [4.69, 9.17) is 0 Å². The number of carbonyl (C=O) groups excluding carboxylic acids is 1. The SMILES string of the molecule is O=C(c1ccc([N+](=O)[O-])cc1)N1CCC[C@@H]1c1ccncc1. The van der Waals surface area contributed by atoms with Gasteiger partial charge in [0.25, 0.3) is 11.6 Å². The summed E-state index contributed by atoms with van der Waals surface area (Å²) in [5.41, 5.74) is 1.54. The lowest BCUT2D eigenvalue weighted by Crippen LogP contribution is -2.30. The third-order valence-electron chi connectivity index (χ3n) is 3.93. The maximum absolute atomic E-state index is 12.7.